The Morgan fingerprint density at radius 1 is 1.05 bits per heavy atom. The monoisotopic (exact) mass is 761 g/mol. The quantitative estimate of drug-likeness (QED) is 0.186. The molecular formula is C41H41F2N9O4. The summed E-state index contributed by atoms with van der Waals surface area (Å²) in [4.78, 5) is 42.1. The number of nitrogens with zero attached hydrogens (tertiary/aromatic N) is 7. The van der Waals surface area contributed by atoms with Gasteiger partial charge in [0.25, 0.3) is 5.91 Å². The topological polar surface area (TPSA) is 161 Å². The maximum absolute atomic E-state index is 15.0. The number of fused-ring (bicyclic) bond motifs is 2. The van der Waals surface area contributed by atoms with Gasteiger partial charge in [-0.2, -0.15) is 15.5 Å². The number of rotatable bonds is 9. The van der Waals surface area contributed by atoms with E-state index in [2.05, 4.69) is 36.3 Å². The Kier molecular flexibility index (Phi) is 8.38. The molecule has 2 aliphatic heterocycles. The first kappa shape index (κ1) is 36.1. The van der Waals surface area contributed by atoms with Gasteiger partial charge >= 0.3 is 0 Å². The van der Waals surface area contributed by atoms with Gasteiger partial charge in [-0.25, -0.2) is 13.3 Å². The van der Waals surface area contributed by atoms with Gasteiger partial charge in [-0.3, -0.25) is 29.3 Å². The fourth-order valence-electron chi connectivity index (χ4n) is 9.42. The molecule has 2 saturated heterocycles. The molecule has 2 bridgehead atoms. The van der Waals surface area contributed by atoms with Crippen molar-refractivity contribution in [2.24, 2.45) is 0 Å². The van der Waals surface area contributed by atoms with Crippen LogP contribution < -0.4 is 10.6 Å². The van der Waals surface area contributed by atoms with Crippen molar-refractivity contribution in [2.75, 3.05) is 38.0 Å². The molecule has 1 atom stereocenters. The van der Waals surface area contributed by atoms with E-state index in [9.17, 15) is 24.8 Å². The van der Waals surface area contributed by atoms with Crippen LogP contribution in [-0.2, 0) is 27.1 Å². The van der Waals surface area contributed by atoms with Crippen molar-refractivity contribution < 1.29 is 28.3 Å². The minimum Gasteiger partial charge on any atom is -0.386 e. The fourth-order valence-corrected chi connectivity index (χ4v) is 9.42. The van der Waals surface area contributed by atoms with Crippen LogP contribution in [0.15, 0.2) is 54.9 Å². The smallest absolute Gasteiger partial charge is 0.274 e. The lowest BCUT2D eigenvalue weighted by molar-refractivity contribution is -0.217. The van der Waals surface area contributed by atoms with Crippen LogP contribution in [0.1, 0.15) is 84.6 Å². The highest BCUT2D eigenvalue weighted by molar-refractivity contribution is 6.05. The summed E-state index contributed by atoms with van der Waals surface area (Å²) in [5.41, 5.74) is 2.11. The van der Waals surface area contributed by atoms with E-state index in [0.29, 0.717) is 46.6 Å². The van der Waals surface area contributed by atoms with Crippen molar-refractivity contribution in [3.8, 4) is 6.07 Å². The number of aromatic nitrogens is 4. The lowest BCUT2D eigenvalue weighted by Gasteiger charge is -2.74. The van der Waals surface area contributed by atoms with E-state index in [0.717, 1.165) is 56.3 Å². The number of anilines is 1. The molecule has 56 heavy (non-hydrogen) atoms. The van der Waals surface area contributed by atoms with Crippen LogP contribution in [0.25, 0.3) is 16.4 Å². The molecule has 0 spiro atoms. The summed E-state index contributed by atoms with van der Waals surface area (Å²) in [6.45, 7) is 7.51. The molecule has 3 N–H and O–H groups in total. The van der Waals surface area contributed by atoms with Crippen LogP contribution in [-0.4, -0.2) is 90.3 Å². The molecule has 3 amide bonds. The average Bonchev–Trinajstić information content (AvgIpc) is 3.74. The summed E-state index contributed by atoms with van der Waals surface area (Å²) < 4.78 is 33.6. The highest BCUT2D eigenvalue weighted by Gasteiger charge is 2.71. The van der Waals surface area contributed by atoms with E-state index in [1.807, 2.05) is 18.3 Å². The Morgan fingerprint density at radius 3 is 2.46 bits per heavy atom. The Balaban J connectivity index is 0.826. The number of hydrogen-bond donors (Lipinski definition) is 3. The molecule has 0 radical (unpaired) electrons. The predicted molar refractivity (Wildman–Crippen MR) is 201 cm³/mol. The summed E-state index contributed by atoms with van der Waals surface area (Å²) in [5.74, 6) is -3.98. The van der Waals surface area contributed by atoms with Crippen molar-refractivity contribution in [3.05, 3.63) is 94.4 Å². The normalized spacial score (nSPS) is 24.1. The first-order valence-corrected chi connectivity index (χ1v) is 19.0. The third kappa shape index (κ3) is 6.03. The first-order valence-electron chi connectivity index (χ1n) is 19.0. The molecule has 5 fully saturated rings. The number of piperazine rings is 1. The largest absolute Gasteiger partial charge is 0.386 e. The number of nitriles is 1. The van der Waals surface area contributed by atoms with Crippen LogP contribution in [0.2, 0.25) is 0 Å². The maximum Gasteiger partial charge on any atom is 0.274 e. The van der Waals surface area contributed by atoms with Gasteiger partial charge in [-0.05, 0) is 94.0 Å². The zero-order valence-corrected chi connectivity index (χ0v) is 31.1. The molecule has 3 aliphatic carbocycles. The molecule has 3 saturated carbocycles. The van der Waals surface area contributed by atoms with Crippen LogP contribution in [0.3, 0.4) is 0 Å². The first-order chi connectivity index (χ1) is 26.7. The summed E-state index contributed by atoms with van der Waals surface area (Å²) >= 11 is 0. The summed E-state index contributed by atoms with van der Waals surface area (Å²) in [5, 5.41) is 35.6. The average molecular weight is 762 g/mol. The molecule has 3 aromatic heterocycles. The number of benzene rings is 2. The molecule has 13 nitrogen and oxygen atoms in total. The van der Waals surface area contributed by atoms with E-state index < -0.39 is 40.9 Å². The van der Waals surface area contributed by atoms with E-state index in [-0.39, 0.29) is 29.5 Å². The van der Waals surface area contributed by atoms with Crippen LogP contribution in [0.5, 0.6) is 0 Å². The van der Waals surface area contributed by atoms with E-state index in [4.69, 9.17) is 5.10 Å². The molecule has 5 aromatic rings. The molecule has 5 heterocycles. The third-order valence-corrected chi connectivity index (χ3v) is 12.4. The van der Waals surface area contributed by atoms with Gasteiger partial charge in [0.1, 0.15) is 23.4 Å². The third-order valence-electron chi connectivity index (χ3n) is 12.4. The van der Waals surface area contributed by atoms with E-state index in [1.54, 1.807) is 32.0 Å². The summed E-state index contributed by atoms with van der Waals surface area (Å²) in [6, 6.07) is 13.4. The second-order valence-corrected chi connectivity index (χ2v) is 16.5. The number of hydrogen-bond acceptors (Lipinski definition) is 9. The van der Waals surface area contributed by atoms with Gasteiger partial charge in [-0.15, -0.1) is 0 Å². The van der Waals surface area contributed by atoms with Gasteiger partial charge in [-0.1, -0.05) is 0 Å². The highest BCUT2D eigenvalue weighted by Crippen LogP contribution is 2.68. The second kappa shape index (κ2) is 13.0. The van der Waals surface area contributed by atoms with Gasteiger partial charge < -0.3 is 15.3 Å². The Bertz CT molecular complexity index is 2460. The summed E-state index contributed by atoms with van der Waals surface area (Å²) in [7, 11) is 0. The number of imide groups is 1. The Morgan fingerprint density at radius 2 is 1.79 bits per heavy atom. The second-order valence-electron chi connectivity index (χ2n) is 16.5. The lowest BCUT2D eigenvalue weighted by atomic mass is 9.43. The van der Waals surface area contributed by atoms with Crippen molar-refractivity contribution >= 4 is 39.8 Å². The fraction of sp³-hybridized carbons (Fsp3) is 0.415. The number of aliphatic hydroxyl groups is 1. The molecule has 288 valence electrons. The number of carbonyl (C=O) groups is 3. The number of amides is 3. The minimum atomic E-state index is -1.26. The van der Waals surface area contributed by atoms with Gasteiger partial charge in [0, 0.05) is 73.1 Å². The standard InChI is InChI=1S/C41H41F2N9O4/c1-39(2,56)29-17-32-26(16-33(29)46-38(55)34-5-3-27-13-25(18-44)19-45-52(27)34)20-51(48-32)41-21-40(22-41,23-41)50-11-9-49(10-12-50)8-7-24-14-30(42)36(31(43)15-24)28-4-6-35(53)47-37(28)54/h3,5,13-17,19-20,28,56H,4,6-12,21-23H2,1-2H3,(H,46,55)(H,47,53,54)/t28-,40?,41?/m1/s1. The predicted octanol–water partition coefficient (Wildman–Crippen LogP) is 4.33. The highest BCUT2D eigenvalue weighted by atomic mass is 19.1. The molecule has 0 unspecified atom stereocenters. The molecule has 5 aliphatic rings. The molecular weight excluding hydrogens is 721 g/mol. The molecule has 10 rings (SSSR count). The van der Waals surface area contributed by atoms with Crippen LogP contribution in [0, 0.1) is 23.0 Å². The van der Waals surface area contributed by atoms with Gasteiger partial charge in [0.15, 0.2) is 0 Å². The van der Waals surface area contributed by atoms with Gasteiger partial charge in [0.2, 0.25) is 11.8 Å². The Labute approximate surface area is 320 Å². The van der Waals surface area contributed by atoms with Crippen molar-refractivity contribution in [1.29, 1.82) is 5.26 Å². The zero-order chi connectivity index (χ0) is 39.1. The number of carbonyl (C=O) groups excluding carboxylic acids is 3. The Hall–Kier alpha value is -5.56. The summed E-state index contributed by atoms with van der Waals surface area (Å²) in [6.07, 6.45) is 7.01. The van der Waals surface area contributed by atoms with Crippen LogP contribution >= 0.6 is 0 Å². The number of nitrogens with one attached hydrogen (secondary N) is 2. The van der Waals surface area contributed by atoms with Crippen molar-refractivity contribution in [1.82, 2.24) is 34.5 Å². The van der Waals surface area contributed by atoms with Crippen molar-refractivity contribution in [2.45, 2.75) is 75.0 Å². The number of halogens is 2. The minimum absolute atomic E-state index is 0.0557. The van der Waals surface area contributed by atoms with Crippen LogP contribution in [0.4, 0.5) is 14.5 Å². The zero-order valence-electron chi connectivity index (χ0n) is 31.1. The lowest BCUT2D eigenvalue weighted by Crippen LogP contribution is -2.80. The SMILES string of the molecule is CC(C)(O)c1cc2nn(C34CC(N5CCN(CCc6cc(F)c([C@H]7CCC(=O)NC7=O)c(F)c6)CC5)(C3)C4)cc2cc1NC(=O)c1ccc2cc(C#N)cnn12. The van der Waals surface area contributed by atoms with E-state index >= 15 is 8.78 Å². The van der Waals surface area contributed by atoms with Gasteiger partial charge in [0.05, 0.1) is 39.9 Å². The number of piperidine rings is 1. The molecule has 15 heteroatoms. The molecule has 2 aromatic carbocycles. The maximum atomic E-state index is 15.0. The van der Waals surface area contributed by atoms with E-state index in [1.165, 1.54) is 22.8 Å². The van der Waals surface area contributed by atoms with Crippen molar-refractivity contribution in [3.63, 3.8) is 0 Å².